The molecule has 0 bridgehead atoms. The molecule has 2 rings (SSSR count). The molecule has 2 aromatic rings. The molecule has 0 aliphatic heterocycles. The van der Waals surface area contributed by atoms with Crippen LogP contribution in [0.2, 0.25) is 0 Å². The van der Waals surface area contributed by atoms with Crippen molar-refractivity contribution >= 4 is 0 Å². The van der Waals surface area contributed by atoms with Gasteiger partial charge in [-0.25, -0.2) is 0 Å². The van der Waals surface area contributed by atoms with Crippen LogP contribution in [0.1, 0.15) is 24.1 Å². The van der Waals surface area contributed by atoms with Gasteiger partial charge < -0.3 is 5.11 Å². The first-order chi connectivity index (χ1) is 8.74. The first-order valence-corrected chi connectivity index (χ1v) is 6.31. The molecule has 4 nitrogen and oxygen atoms in total. The fraction of sp³-hybridized carbons (Fsp3) is 0.429. The SMILES string of the molecule is Cn1cc(CC(O)CCCc2ccccc2)nn1. The molecule has 1 heterocycles. The Kier molecular flexibility index (Phi) is 4.47. The second kappa shape index (κ2) is 6.31. The Bertz CT molecular complexity index is 467. The van der Waals surface area contributed by atoms with Gasteiger partial charge in [0.2, 0.25) is 0 Å². The summed E-state index contributed by atoms with van der Waals surface area (Å²) >= 11 is 0. The highest BCUT2D eigenvalue weighted by Crippen LogP contribution is 2.09. The maximum absolute atomic E-state index is 9.91. The smallest absolute Gasteiger partial charge is 0.0852 e. The summed E-state index contributed by atoms with van der Waals surface area (Å²) in [5, 5.41) is 17.7. The van der Waals surface area contributed by atoms with Crippen LogP contribution in [0.4, 0.5) is 0 Å². The highest BCUT2D eigenvalue weighted by atomic mass is 16.3. The zero-order chi connectivity index (χ0) is 12.8. The normalized spacial score (nSPS) is 12.6. The van der Waals surface area contributed by atoms with Gasteiger partial charge in [-0.3, -0.25) is 4.68 Å². The minimum Gasteiger partial charge on any atom is -0.393 e. The molecule has 18 heavy (non-hydrogen) atoms. The van der Waals surface area contributed by atoms with Crippen molar-refractivity contribution in [3.63, 3.8) is 0 Å². The van der Waals surface area contributed by atoms with Crippen LogP contribution in [0.3, 0.4) is 0 Å². The third-order valence-electron chi connectivity index (χ3n) is 2.94. The molecule has 0 aliphatic carbocycles. The molecule has 1 atom stereocenters. The molecule has 1 aromatic heterocycles. The zero-order valence-corrected chi connectivity index (χ0v) is 10.7. The van der Waals surface area contributed by atoms with Gasteiger partial charge in [0, 0.05) is 19.7 Å². The van der Waals surface area contributed by atoms with Gasteiger partial charge in [0.1, 0.15) is 0 Å². The quantitative estimate of drug-likeness (QED) is 0.843. The molecule has 1 aromatic carbocycles. The van der Waals surface area contributed by atoms with Crippen LogP contribution in [0.25, 0.3) is 0 Å². The monoisotopic (exact) mass is 245 g/mol. The molecule has 0 saturated carbocycles. The second-order valence-corrected chi connectivity index (χ2v) is 4.62. The number of aliphatic hydroxyl groups is 1. The third kappa shape index (κ3) is 3.96. The summed E-state index contributed by atoms with van der Waals surface area (Å²) in [6, 6.07) is 10.4. The maximum atomic E-state index is 9.91. The molecule has 4 heteroatoms. The number of hydrogen-bond acceptors (Lipinski definition) is 3. The van der Waals surface area contributed by atoms with E-state index in [0.717, 1.165) is 25.0 Å². The predicted octanol–water partition coefficient (Wildman–Crippen LogP) is 1.74. The van der Waals surface area contributed by atoms with E-state index < -0.39 is 0 Å². The average molecular weight is 245 g/mol. The van der Waals surface area contributed by atoms with Gasteiger partial charge in [-0.05, 0) is 24.8 Å². The summed E-state index contributed by atoms with van der Waals surface area (Å²) in [6.45, 7) is 0. The first kappa shape index (κ1) is 12.8. The van der Waals surface area contributed by atoms with Crippen LogP contribution >= 0.6 is 0 Å². The number of aromatic nitrogens is 3. The number of aryl methyl sites for hydroxylation is 2. The summed E-state index contributed by atoms with van der Waals surface area (Å²) in [4.78, 5) is 0. The van der Waals surface area contributed by atoms with E-state index in [-0.39, 0.29) is 6.10 Å². The molecule has 0 saturated heterocycles. The van der Waals surface area contributed by atoms with E-state index in [1.165, 1.54) is 5.56 Å². The largest absolute Gasteiger partial charge is 0.393 e. The summed E-state index contributed by atoms with van der Waals surface area (Å²) in [5.41, 5.74) is 2.17. The average Bonchev–Trinajstić information content (AvgIpc) is 2.76. The van der Waals surface area contributed by atoms with E-state index in [9.17, 15) is 5.11 Å². The number of nitrogens with zero attached hydrogens (tertiary/aromatic N) is 3. The topological polar surface area (TPSA) is 50.9 Å². The Morgan fingerprint density at radius 3 is 2.72 bits per heavy atom. The molecule has 96 valence electrons. The lowest BCUT2D eigenvalue weighted by Crippen LogP contribution is -2.11. The van der Waals surface area contributed by atoms with Gasteiger partial charge in [-0.2, -0.15) is 0 Å². The summed E-state index contributed by atoms with van der Waals surface area (Å²) < 4.78 is 1.66. The first-order valence-electron chi connectivity index (χ1n) is 6.31. The Hall–Kier alpha value is -1.68. The molecule has 1 N–H and O–H groups in total. The number of hydrogen-bond donors (Lipinski definition) is 1. The van der Waals surface area contributed by atoms with Crippen molar-refractivity contribution in [2.75, 3.05) is 0 Å². The van der Waals surface area contributed by atoms with Crippen LogP contribution in [-0.4, -0.2) is 26.2 Å². The zero-order valence-electron chi connectivity index (χ0n) is 10.7. The minimum atomic E-state index is -0.328. The Morgan fingerprint density at radius 2 is 2.06 bits per heavy atom. The Labute approximate surface area is 107 Å². The standard InChI is InChI=1S/C14H19N3O/c1-17-11-13(15-16-17)10-14(18)9-5-8-12-6-3-2-4-7-12/h2-4,6-7,11,14,18H,5,8-10H2,1H3. The Balaban J connectivity index is 1.70. The maximum Gasteiger partial charge on any atom is 0.0852 e. The molecule has 0 fully saturated rings. The predicted molar refractivity (Wildman–Crippen MR) is 70.1 cm³/mol. The van der Waals surface area contributed by atoms with Gasteiger partial charge in [0.05, 0.1) is 11.8 Å². The number of rotatable bonds is 6. The van der Waals surface area contributed by atoms with Gasteiger partial charge >= 0.3 is 0 Å². The van der Waals surface area contributed by atoms with Gasteiger partial charge in [0.25, 0.3) is 0 Å². The van der Waals surface area contributed by atoms with Crippen LogP contribution in [0, 0.1) is 0 Å². The van der Waals surface area contributed by atoms with Crippen LogP contribution < -0.4 is 0 Å². The van der Waals surface area contributed by atoms with Crippen molar-refractivity contribution in [2.24, 2.45) is 7.05 Å². The van der Waals surface area contributed by atoms with Crippen LogP contribution in [0.15, 0.2) is 36.5 Å². The summed E-state index contributed by atoms with van der Waals surface area (Å²) in [7, 11) is 1.83. The molecule has 0 radical (unpaired) electrons. The van der Waals surface area contributed by atoms with Crippen molar-refractivity contribution in [1.29, 1.82) is 0 Å². The van der Waals surface area contributed by atoms with E-state index in [4.69, 9.17) is 0 Å². The molecule has 0 spiro atoms. The van der Waals surface area contributed by atoms with E-state index in [2.05, 4.69) is 22.4 Å². The van der Waals surface area contributed by atoms with Crippen molar-refractivity contribution in [3.05, 3.63) is 47.8 Å². The molecular weight excluding hydrogens is 226 g/mol. The second-order valence-electron chi connectivity index (χ2n) is 4.62. The third-order valence-corrected chi connectivity index (χ3v) is 2.94. The van der Waals surface area contributed by atoms with Gasteiger partial charge in [-0.1, -0.05) is 35.5 Å². The fourth-order valence-corrected chi connectivity index (χ4v) is 2.02. The lowest BCUT2D eigenvalue weighted by atomic mass is 10.0. The Morgan fingerprint density at radius 1 is 1.28 bits per heavy atom. The minimum absolute atomic E-state index is 0.328. The molecule has 1 unspecified atom stereocenters. The lowest BCUT2D eigenvalue weighted by molar-refractivity contribution is 0.161. The lowest BCUT2D eigenvalue weighted by Gasteiger charge is -2.08. The van der Waals surface area contributed by atoms with Crippen molar-refractivity contribution in [3.8, 4) is 0 Å². The molecular formula is C14H19N3O. The van der Waals surface area contributed by atoms with Gasteiger partial charge in [-0.15, -0.1) is 5.10 Å². The van der Waals surface area contributed by atoms with Crippen molar-refractivity contribution in [2.45, 2.75) is 31.8 Å². The highest BCUT2D eigenvalue weighted by Gasteiger charge is 2.08. The van der Waals surface area contributed by atoms with Crippen molar-refractivity contribution < 1.29 is 5.11 Å². The fourth-order valence-electron chi connectivity index (χ4n) is 2.02. The highest BCUT2D eigenvalue weighted by molar-refractivity contribution is 5.14. The summed E-state index contributed by atoms with van der Waals surface area (Å²) in [5.74, 6) is 0. The van der Waals surface area contributed by atoms with Crippen LogP contribution in [-0.2, 0) is 19.9 Å². The molecule has 0 aliphatic rings. The van der Waals surface area contributed by atoms with E-state index in [1.807, 2.05) is 31.4 Å². The summed E-state index contributed by atoms with van der Waals surface area (Å²) in [6.07, 6.45) is 4.91. The number of aliphatic hydroxyl groups excluding tert-OH is 1. The van der Waals surface area contributed by atoms with E-state index in [1.54, 1.807) is 4.68 Å². The van der Waals surface area contributed by atoms with Gasteiger partial charge in [0.15, 0.2) is 0 Å². The van der Waals surface area contributed by atoms with Crippen molar-refractivity contribution in [1.82, 2.24) is 15.0 Å². The molecule has 0 amide bonds. The van der Waals surface area contributed by atoms with Crippen LogP contribution in [0.5, 0.6) is 0 Å². The van der Waals surface area contributed by atoms with E-state index in [0.29, 0.717) is 6.42 Å². The number of benzene rings is 1. The van der Waals surface area contributed by atoms with E-state index >= 15 is 0 Å².